The molecule has 0 aromatic carbocycles. The Kier molecular flexibility index (Phi) is 4.15. The first kappa shape index (κ1) is 11.7. The Morgan fingerprint density at radius 2 is 1.93 bits per heavy atom. The minimum Gasteiger partial charge on any atom is -0.329 e. The molecule has 0 saturated heterocycles. The Morgan fingerprint density at radius 1 is 1.29 bits per heavy atom. The molecule has 0 atom stereocenters. The molecule has 3 nitrogen and oxygen atoms in total. The first-order chi connectivity index (χ1) is 6.53. The monoisotopic (exact) mass is 212 g/mol. The van der Waals surface area contributed by atoms with Crippen LogP contribution in [-0.2, 0) is 4.74 Å². The van der Waals surface area contributed by atoms with Crippen LogP contribution in [0, 0.1) is 0 Å². The van der Waals surface area contributed by atoms with Gasteiger partial charge in [-0.15, -0.1) is 13.2 Å². The number of rotatable bonds is 6. The van der Waals surface area contributed by atoms with E-state index >= 15 is 0 Å². The van der Waals surface area contributed by atoms with Crippen LogP contribution in [0.1, 0.15) is 12.8 Å². The zero-order chi connectivity index (χ0) is 10.6. The van der Waals surface area contributed by atoms with Gasteiger partial charge in [-0.3, -0.25) is 9.64 Å². The van der Waals surface area contributed by atoms with E-state index in [0.717, 1.165) is 12.8 Å². The van der Waals surface area contributed by atoms with Gasteiger partial charge in [-0.2, -0.15) is 0 Å². The second-order valence-electron chi connectivity index (χ2n) is 3.35. The summed E-state index contributed by atoms with van der Waals surface area (Å²) in [6.07, 6.45) is -2.39. The number of alkyl halides is 3. The zero-order valence-corrected chi connectivity index (χ0v) is 7.89. The van der Waals surface area contributed by atoms with Crippen LogP contribution in [0.4, 0.5) is 13.2 Å². The third kappa shape index (κ3) is 4.78. The van der Waals surface area contributed by atoms with Crippen molar-refractivity contribution < 1.29 is 17.9 Å². The third-order valence-corrected chi connectivity index (χ3v) is 2.12. The van der Waals surface area contributed by atoms with Crippen LogP contribution in [0.5, 0.6) is 0 Å². The van der Waals surface area contributed by atoms with Gasteiger partial charge in [-0.05, 0) is 12.8 Å². The minimum absolute atomic E-state index is 0.306. The molecule has 0 aromatic heterocycles. The lowest BCUT2D eigenvalue weighted by Gasteiger charge is -2.21. The third-order valence-electron chi connectivity index (χ3n) is 2.12. The first-order valence-electron chi connectivity index (χ1n) is 4.68. The minimum atomic E-state index is -4.52. The van der Waals surface area contributed by atoms with Gasteiger partial charge in [0.1, 0.15) is 0 Å². The van der Waals surface area contributed by atoms with Gasteiger partial charge in [0.25, 0.3) is 0 Å². The van der Waals surface area contributed by atoms with Crippen molar-refractivity contribution in [2.75, 3.05) is 26.2 Å². The van der Waals surface area contributed by atoms with Crippen molar-refractivity contribution >= 4 is 0 Å². The first-order valence-corrected chi connectivity index (χ1v) is 4.68. The lowest BCUT2D eigenvalue weighted by molar-refractivity contribution is -0.325. The van der Waals surface area contributed by atoms with E-state index in [1.807, 2.05) is 4.90 Å². The fraction of sp³-hybridized carbons (Fsp3) is 1.00. The highest BCUT2D eigenvalue weighted by Crippen LogP contribution is 2.26. The van der Waals surface area contributed by atoms with Gasteiger partial charge in [0.2, 0.25) is 0 Å². The van der Waals surface area contributed by atoms with Crippen molar-refractivity contribution in [1.29, 1.82) is 0 Å². The zero-order valence-electron chi connectivity index (χ0n) is 7.89. The molecule has 1 aliphatic rings. The van der Waals surface area contributed by atoms with Gasteiger partial charge in [0, 0.05) is 25.7 Å². The van der Waals surface area contributed by atoms with E-state index in [-0.39, 0.29) is 6.61 Å². The van der Waals surface area contributed by atoms with E-state index < -0.39 is 6.36 Å². The summed E-state index contributed by atoms with van der Waals surface area (Å²) in [4.78, 5) is 1.95. The molecule has 0 radical (unpaired) electrons. The highest BCUT2D eigenvalue weighted by Gasteiger charge is 2.31. The van der Waals surface area contributed by atoms with Crippen molar-refractivity contribution in [1.82, 2.24) is 4.90 Å². The molecule has 0 aromatic rings. The number of nitrogens with zero attached hydrogens (tertiary/aromatic N) is 1. The maximum absolute atomic E-state index is 11.6. The summed E-state index contributed by atoms with van der Waals surface area (Å²) in [6.45, 7) is 1.12. The smallest absolute Gasteiger partial charge is 0.329 e. The molecule has 0 heterocycles. The molecule has 0 spiro atoms. The fourth-order valence-corrected chi connectivity index (χ4v) is 1.36. The Morgan fingerprint density at radius 3 is 2.36 bits per heavy atom. The second-order valence-corrected chi connectivity index (χ2v) is 3.35. The summed E-state index contributed by atoms with van der Waals surface area (Å²) in [5.74, 6) is 0. The molecule has 0 bridgehead atoms. The van der Waals surface area contributed by atoms with Crippen LogP contribution in [0.2, 0.25) is 0 Å². The summed E-state index contributed by atoms with van der Waals surface area (Å²) in [7, 11) is 0. The molecule has 2 N–H and O–H groups in total. The van der Waals surface area contributed by atoms with Gasteiger partial charge in [-0.1, -0.05) is 0 Å². The topological polar surface area (TPSA) is 38.5 Å². The predicted octanol–water partition coefficient (Wildman–Crippen LogP) is 0.946. The van der Waals surface area contributed by atoms with Crippen molar-refractivity contribution in [3.05, 3.63) is 0 Å². The van der Waals surface area contributed by atoms with Crippen LogP contribution >= 0.6 is 0 Å². The number of halogens is 3. The number of hydrogen-bond donors (Lipinski definition) is 1. The highest BCUT2D eigenvalue weighted by atomic mass is 19.4. The van der Waals surface area contributed by atoms with E-state index in [0.29, 0.717) is 25.7 Å². The summed E-state index contributed by atoms with van der Waals surface area (Å²) in [5.41, 5.74) is 5.35. The summed E-state index contributed by atoms with van der Waals surface area (Å²) in [5, 5.41) is 0. The average molecular weight is 212 g/mol. The van der Waals surface area contributed by atoms with E-state index in [1.165, 1.54) is 0 Å². The molecule has 0 aliphatic heterocycles. The quantitative estimate of drug-likeness (QED) is 0.712. The summed E-state index contributed by atoms with van der Waals surface area (Å²) < 4.78 is 38.6. The molecular formula is C8H15F3N2O. The van der Waals surface area contributed by atoms with Gasteiger partial charge < -0.3 is 5.73 Å². The molecular weight excluding hydrogens is 197 g/mol. The SMILES string of the molecule is NCCN(CCOC(F)(F)F)C1CC1. The average Bonchev–Trinajstić information content (AvgIpc) is 2.83. The Labute approximate surface area is 81.0 Å². The standard InChI is InChI=1S/C8H15F3N2O/c9-8(10,11)14-6-5-13(4-3-12)7-1-2-7/h7H,1-6,12H2. The van der Waals surface area contributed by atoms with Gasteiger partial charge in [0.15, 0.2) is 0 Å². The lowest BCUT2D eigenvalue weighted by Crippen LogP contribution is -2.35. The Bertz CT molecular complexity index is 170. The van der Waals surface area contributed by atoms with Crippen molar-refractivity contribution in [2.24, 2.45) is 5.73 Å². The number of ether oxygens (including phenoxy) is 1. The fourth-order valence-electron chi connectivity index (χ4n) is 1.36. The van der Waals surface area contributed by atoms with Crippen molar-refractivity contribution in [2.45, 2.75) is 25.2 Å². The van der Waals surface area contributed by atoms with Crippen LogP contribution in [0.3, 0.4) is 0 Å². The van der Waals surface area contributed by atoms with Gasteiger partial charge in [-0.25, -0.2) is 0 Å². The van der Waals surface area contributed by atoms with Crippen LogP contribution in [0.15, 0.2) is 0 Å². The molecule has 6 heteroatoms. The van der Waals surface area contributed by atoms with E-state index in [9.17, 15) is 13.2 Å². The summed E-state index contributed by atoms with van der Waals surface area (Å²) >= 11 is 0. The maximum atomic E-state index is 11.6. The van der Waals surface area contributed by atoms with Gasteiger partial charge >= 0.3 is 6.36 Å². The Balaban J connectivity index is 2.13. The van der Waals surface area contributed by atoms with Gasteiger partial charge in [0.05, 0.1) is 6.61 Å². The van der Waals surface area contributed by atoms with Crippen molar-refractivity contribution in [3.63, 3.8) is 0 Å². The van der Waals surface area contributed by atoms with Crippen LogP contribution in [0.25, 0.3) is 0 Å². The molecule has 1 fully saturated rings. The number of nitrogens with two attached hydrogens (primary N) is 1. The predicted molar refractivity (Wildman–Crippen MR) is 45.7 cm³/mol. The van der Waals surface area contributed by atoms with E-state index in [2.05, 4.69) is 4.74 Å². The molecule has 0 unspecified atom stereocenters. The Hall–Kier alpha value is -0.330. The normalized spacial score (nSPS) is 17.8. The second kappa shape index (κ2) is 4.95. The highest BCUT2D eigenvalue weighted by molar-refractivity contribution is 4.84. The molecule has 84 valence electrons. The maximum Gasteiger partial charge on any atom is 0.522 e. The van der Waals surface area contributed by atoms with Crippen molar-refractivity contribution in [3.8, 4) is 0 Å². The van der Waals surface area contributed by atoms with Crippen LogP contribution < -0.4 is 5.73 Å². The van der Waals surface area contributed by atoms with Crippen LogP contribution in [-0.4, -0.2) is 43.5 Å². The van der Waals surface area contributed by atoms with E-state index in [4.69, 9.17) is 5.73 Å². The lowest BCUT2D eigenvalue weighted by atomic mass is 10.4. The number of hydrogen-bond acceptors (Lipinski definition) is 3. The van der Waals surface area contributed by atoms with E-state index in [1.54, 1.807) is 0 Å². The summed E-state index contributed by atoms with van der Waals surface area (Å²) in [6, 6.07) is 0.426. The molecule has 14 heavy (non-hydrogen) atoms. The molecule has 1 aliphatic carbocycles. The molecule has 1 saturated carbocycles. The molecule has 0 amide bonds. The molecule has 1 rings (SSSR count). The largest absolute Gasteiger partial charge is 0.522 e.